The first-order valence-corrected chi connectivity index (χ1v) is 12.7. The van der Waals surface area contributed by atoms with Gasteiger partial charge in [0.25, 0.3) is 0 Å². The van der Waals surface area contributed by atoms with Gasteiger partial charge in [-0.05, 0) is 124 Å². The summed E-state index contributed by atoms with van der Waals surface area (Å²) in [6.45, 7) is 3.35. The van der Waals surface area contributed by atoms with E-state index in [0.29, 0.717) is 23.8 Å². The van der Waals surface area contributed by atoms with Crippen molar-refractivity contribution in [1.82, 2.24) is 0 Å². The Morgan fingerprint density at radius 1 is 1.03 bits per heavy atom. The van der Waals surface area contributed by atoms with E-state index in [1.54, 1.807) is 12.7 Å². The average molecular weight is 536 g/mol. The van der Waals surface area contributed by atoms with Gasteiger partial charge in [-0.15, -0.1) is 0 Å². The summed E-state index contributed by atoms with van der Waals surface area (Å²) in [5.41, 5.74) is 3.12. The molecule has 5 aliphatic rings. The Bertz CT molecular complexity index is 789. The number of halogens is 1. The summed E-state index contributed by atoms with van der Waals surface area (Å²) >= 11 is 0. The van der Waals surface area contributed by atoms with Crippen LogP contribution in [0.25, 0.3) is 0 Å². The smallest absolute Gasteiger partial charge is 1.00 e. The van der Waals surface area contributed by atoms with Gasteiger partial charge < -0.3 is 27.6 Å². The van der Waals surface area contributed by atoms with Gasteiger partial charge in [0.1, 0.15) is 17.9 Å². The number of fused-ring (bicyclic) bond motifs is 5. The summed E-state index contributed by atoms with van der Waals surface area (Å²) in [5.74, 6) is 4.36. The van der Waals surface area contributed by atoms with Crippen molar-refractivity contribution < 1.29 is 44.6 Å². The fraction of sp³-hybridized carbons (Fsp3) is 0.467. The normalized spacial score (nSPS) is 35.5. The first-order valence-electron chi connectivity index (χ1n) is 12.7. The maximum Gasteiger partial charge on any atom is 2.00 e. The molecule has 0 spiro atoms. The molecule has 35 heavy (non-hydrogen) atoms. The Kier molecular flexibility index (Phi) is 10.9. The van der Waals surface area contributed by atoms with Crippen molar-refractivity contribution in [1.29, 1.82) is 0 Å². The quantitative estimate of drug-likeness (QED) is 0.563. The Labute approximate surface area is 230 Å². The molecule has 0 aliphatic heterocycles. The summed E-state index contributed by atoms with van der Waals surface area (Å²) in [6, 6.07) is 7.03. The maximum atomic E-state index is 11.3. The van der Waals surface area contributed by atoms with Crippen molar-refractivity contribution in [2.75, 3.05) is 13.7 Å². The Hall–Kier alpha value is -0.251. The van der Waals surface area contributed by atoms with Crippen molar-refractivity contribution in [3.8, 4) is 5.75 Å². The number of ether oxygens (including phenoxy) is 1. The average Bonchev–Trinajstić information content (AvgIpc) is 3.62. The van der Waals surface area contributed by atoms with Crippen LogP contribution >= 0.6 is 0 Å². The zero-order chi connectivity index (χ0) is 22.8. The molecule has 4 saturated carbocycles. The third-order valence-electron chi connectivity index (χ3n) is 8.92. The number of methoxy groups -OCH3 is 1. The van der Waals surface area contributed by atoms with Crippen LogP contribution in [0.3, 0.4) is 0 Å². The van der Waals surface area contributed by atoms with Crippen LogP contribution in [0, 0.1) is 81.0 Å². The summed E-state index contributed by atoms with van der Waals surface area (Å²) in [5, 5.41) is 13.7. The van der Waals surface area contributed by atoms with E-state index in [1.807, 2.05) is 32.1 Å². The minimum atomic E-state index is -0.189. The minimum absolute atomic E-state index is 0. The number of hydrogen-bond donors (Lipinski definition) is 2. The van der Waals surface area contributed by atoms with Crippen molar-refractivity contribution in [2.24, 2.45) is 17.3 Å². The molecule has 0 heterocycles. The zero-order valence-electron chi connectivity index (χ0n) is 20.7. The van der Waals surface area contributed by atoms with Crippen LogP contribution in [0.15, 0.2) is 18.2 Å². The number of rotatable bonds is 4. The molecule has 188 valence electrons. The van der Waals surface area contributed by atoms with Gasteiger partial charge in [0, 0.05) is 17.8 Å². The predicted octanol–water partition coefficient (Wildman–Crippen LogP) is 0.882. The second-order valence-corrected chi connectivity index (χ2v) is 10.6. The molecular formula is C30H38ClFeNO2+2. The van der Waals surface area contributed by atoms with Crippen LogP contribution in [0.5, 0.6) is 5.75 Å². The molecule has 10 radical (unpaired) electrons. The molecule has 0 aromatic heterocycles. The van der Waals surface area contributed by atoms with Gasteiger partial charge in [0.2, 0.25) is 0 Å². The molecule has 3 N–H and O–H groups in total. The molecule has 6 atom stereocenters. The fourth-order valence-corrected chi connectivity index (χ4v) is 7.14. The van der Waals surface area contributed by atoms with Crippen molar-refractivity contribution in [3.05, 3.63) is 93.0 Å². The number of quaternary nitrogens is 1. The van der Waals surface area contributed by atoms with Gasteiger partial charge in [-0.2, -0.15) is 0 Å². The molecule has 5 aliphatic carbocycles. The van der Waals surface area contributed by atoms with E-state index >= 15 is 0 Å². The molecule has 3 nitrogen and oxygen atoms in total. The number of benzene rings is 1. The number of aliphatic hydroxyl groups is 1. The Balaban J connectivity index is 0.000000438. The second kappa shape index (κ2) is 13.0. The molecule has 6 rings (SSSR count). The molecule has 5 heteroatoms. The maximum absolute atomic E-state index is 11.3. The van der Waals surface area contributed by atoms with Gasteiger partial charge in [-0.1, -0.05) is 13.0 Å². The van der Waals surface area contributed by atoms with Gasteiger partial charge in [0.05, 0.1) is 13.7 Å². The van der Waals surface area contributed by atoms with Crippen LogP contribution in [-0.4, -0.2) is 30.9 Å². The third-order valence-corrected chi connectivity index (χ3v) is 8.92. The van der Waals surface area contributed by atoms with Crippen molar-refractivity contribution in [3.63, 3.8) is 0 Å². The zero-order valence-corrected chi connectivity index (χ0v) is 22.6. The van der Waals surface area contributed by atoms with Gasteiger partial charge in [0.15, 0.2) is 0 Å². The van der Waals surface area contributed by atoms with Crippen molar-refractivity contribution in [2.45, 2.75) is 57.1 Å². The van der Waals surface area contributed by atoms with E-state index in [-0.39, 0.29) is 41.0 Å². The standard InChI is InChI=1S/C25H32NO2.C5H5.ClH.Fe/c1-25-12-11-20-19-10-8-18(28-2)13-17(19)7-9-21(20)22(25)14-23(24(25)27)26-15-16-5-3-4-6-16;1-2-4-5-3-1;;/h3-6,8,10,13,20-24,26-27H,7,9,11-12,14-15H2,1-2H3;1-5H;1H;/q;;;+2/t20-,21-,22+,23-,24-,25+;;;/m1.../s1. The van der Waals surface area contributed by atoms with Crippen molar-refractivity contribution >= 4 is 0 Å². The SMILES string of the molecule is COc1ccc2c(c1)CC[C@@H]1[C@@H]2CC[C@]2(C)[C@H](O)[C@H]([NH2+]C[C]3[CH][CH][CH][CH]3)C[C@@H]12.[CH]1[CH][CH][CH][CH]1.[Cl-].[Fe+2]. The van der Waals surface area contributed by atoms with Gasteiger partial charge in [-0.25, -0.2) is 0 Å². The molecule has 4 fully saturated rings. The second-order valence-electron chi connectivity index (χ2n) is 10.6. The summed E-state index contributed by atoms with van der Waals surface area (Å²) in [6.07, 6.45) is 24.3. The molecule has 0 bridgehead atoms. The van der Waals surface area contributed by atoms with Crippen LogP contribution in [0.2, 0.25) is 0 Å². The van der Waals surface area contributed by atoms with Crippen LogP contribution in [-0.2, 0) is 23.5 Å². The monoisotopic (exact) mass is 535 g/mol. The van der Waals surface area contributed by atoms with Gasteiger partial charge >= 0.3 is 17.1 Å². The summed E-state index contributed by atoms with van der Waals surface area (Å²) < 4.78 is 5.45. The number of aryl methyl sites for hydroxylation is 1. The molecule has 0 amide bonds. The molecule has 1 aromatic carbocycles. The first kappa shape index (κ1) is 29.3. The van der Waals surface area contributed by atoms with Crippen LogP contribution in [0.1, 0.15) is 49.7 Å². The molecule has 1 aromatic rings. The molecule has 0 unspecified atom stereocenters. The minimum Gasteiger partial charge on any atom is -1.00 e. The van der Waals surface area contributed by atoms with E-state index in [2.05, 4.69) is 56.1 Å². The fourth-order valence-electron chi connectivity index (χ4n) is 7.14. The Morgan fingerprint density at radius 2 is 1.71 bits per heavy atom. The summed E-state index contributed by atoms with van der Waals surface area (Å²) in [4.78, 5) is 0. The number of hydrogen-bond acceptors (Lipinski definition) is 2. The molecule has 0 saturated heterocycles. The largest absolute Gasteiger partial charge is 2.00 e. The van der Waals surface area contributed by atoms with E-state index in [9.17, 15) is 5.11 Å². The summed E-state index contributed by atoms with van der Waals surface area (Å²) in [7, 11) is 1.76. The molecular weight excluding hydrogens is 498 g/mol. The van der Waals surface area contributed by atoms with Crippen LogP contribution in [0.4, 0.5) is 0 Å². The van der Waals surface area contributed by atoms with Gasteiger partial charge in [-0.3, -0.25) is 0 Å². The number of aliphatic hydroxyl groups excluding tert-OH is 1. The predicted molar refractivity (Wildman–Crippen MR) is 132 cm³/mol. The number of nitrogens with two attached hydrogens (primary N) is 1. The van der Waals surface area contributed by atoms with E-state index in [0.717, 1.165) is 31.6 Å². The van der Waals surface area contributed by atoms with E-state index in [1.165, 1.54) is 24.3 Å². The van der Waals surface area contributed by atoms with E-state index < -0.39 is 0 Å². The van der Waals surface area contributed by atoms with Crippen LogP contribution < -0.4 is 22.5 Å². The third kappa shape index (κ3) is 6.09. The topological polar surface area (TPSA) is 46.1 Å². The first-order chi connectivity index (χ1) is 16.1. The Morgan fingerprint density at radius 3 is 2.37 bits per heavy atom. The van der Waals surface area contributed by atoms with E-state index in [4.69, 9.17) is 4.74 Å².